The number of alkyl halides is 1. The third kappa shape index (κ3) is 1.13. The predicted molar refractivity (Wildman–Crippen MR) is 61.0 cm³/mol. The zero-order chi connectivity index (χ0) is 8.77. The molecule has 64 valence electrons. The number of hydrogen-bond donors (Lipinski definition) is 0. The van der Waals surface area contributed by atoms with E-state index in [1.807, 2.05) is 0 Å². The van der Waals surface area contributed by atoms with Gasteiger partial charge < -0.3 is 4.90 Å². The molecule has 0 fully saturated rings. The monoisotopic (exact) mass is 273 g/mol. The molecule has 0 saturated heterocycles. The Morgan fingerprint density at radius 3 is 2.75 bits per heavy atom. The van der Waals surface area contributed by atoms with Crippen molar-refractivity contribution in [3.05, 3.63) is 29.8 Å². The highest BCUT2D eigenvalue weighted by molar-refractivity contribution is 14.1. The van der Waals surface area contributed by atoms with E-state index in [0.29, 0.717) is 0 Å². The maximum atomic E-state index is 2.51. The molecule has 12 heavy (non-hydrogen) atoms. The fourth-order valence-corrected chi connectivity index (χ4v) is 2.38. The molecule has 0 spiro atoms. The van der Waals surface area contributed by atoms with Crippen LogP contribution in [0.5, 0.6) is 0 Å². The van der Waals surface area contributed by atoms with E-state index in [9.17, 15) is 0 Å². The molecule has 2 heteroatoms. The molecular formula is C10H12IN. The van der Waals surface area contributed by atoms with Crippen LogP contribution in [0, 0.1) is 0 Å². The molecular weight excluding hydrogens is 261 g/mol. The summed E-state index contributed by atoms with van der Waals surface area (Å²) in [6, 6.07) is 8.63. The van der Waals surface area contributed by atoms with Crippen LogP contribution in [0.4, 0.5) is 5.69 Å². The Morgan fingerprint density at radius 2 is 2.08 bits per heavy atom. The van der Waals surface area contributed by atoms with Crippen molar-refractivity contribution in [3.63, 3.8) is 0 Å². The molecule has 1 aromatic carbocycles. The van der Waals surface area contributed by atoms with E-state index in [-0.39, 0.29) is 3.55 Å². The highest BCUT2D eigenvalue weighted by Gasteiger charge is 2.34. The summed E-state index contributed by atoms with van der Waals surface area (Å²) in [5.74, 6) is 0. The van der Waals surface area contributed by atoms with Crippen molar-refractivity contribution in [2.75, 3.05) is 11.9 Å². The number of anilines is 1. The lowest BCUT2D eigenvalue weighted by Crippen LogP contribution is -2.34. The van der Waals surface area contributed by atoms with E-state index < -0.39 is 0 Å². The first-order valence-corrected chi connectivity index (χ1v) is 5.20. The topological polar surface area (TPSA) is 3.24 Å². The minimum atomic E-state index is 0.265. The van der Waals surface area contributed by atoms with Crippen molar-refractivity contribution >= 4 is 28.3 Å². The maximum absolute atomic E-state index is 2.51. The average molecular weight is 273 g/mol. The average Bonchev–Trinajstić information content (AvgIpc) is 2.24. The summed E-state index contributed by atoms with van der Waals surface area (Å²) in [5, 5.41) is 0. The van der Waals surface area contributed by atoms with Gasteiger partial charge in [0.05, 0.1) is 3.55 Å². The first-order chi connectivity index (χ1) is 5.61. The van der Waals surface area contributed by atoms with Gasteiger partial charge in [0.1, 0.15) is 0 Å². The molecule has 1 unspecified atom stereocenters. The maximum Gasteiger partial charge on any atom is 0.0927 e. The molecule has 1 heterocycles. The highest BCUT2D eigenvalue weighted by Crippen LogP contribution is 2.40. The number of nitrogens with zero attached hydrogens (tertiary/aromatic N) is 1. The molecule has 1 atom stereocenters. The zero-order valence-corrected chi connectivity index (χ0v) is 9.50. The number of rotatable bonds is 0. The quantitative estimate of drug-likeness (QED) is 0.399. The molecule has 1 aromatic rings. The Kier molecular flexibility index (Phi) is 1.82. The first kappa shape index (κ1) is 8.35. The summed E-state index contributed by atoms with van der Waals surface area (Å²) in [6.45, 7) is 2.27. The molecule has 1 nitrogen and oxygen atoms in total. The normalized spacial score (nSPS) is 27.4. The predicted octanol–water partition coefficient (Wildman–Crippen LogP) is 2.83. The van der Waals surface area contributed by atoms with Crippen LogP contribution in [0.2, 0.25) is 0 Å². The first-order valence-electron chi connectivity index (χ1n) is 4.12. The summed E-state index contributed by atoms with van der Waals surface area (Å²) >= 11 is 2.51. The number of benzene rings is 1. The van der Waals surface area contributed by atoms with E-state index in [4.69, 9.17) is 0 Å². The van der Waals surface area contributed by atoms with Gasteiger partial charge in [0.25, 0.3) is 0 Å². The number of fused-ring (bicyclic) bond motifs is 1. The Hall–Kier alpha value is -0.250. The second kappa shape index (κ2) is 2.62. The van der Waals surface area contributed by atoms with Gasteiger partial charge in [0.15, 0.2) is 0 Å². The smallest absolute Gasteiger partial charge is 0.0927 e. The SMILES string of the molecule is CN1c2ccccc2CC1(C)I. The number of hydrogen-bond acceptors (Lipinski definition) is 1. The molecule has 0 amide bonds. The van der Waals surface area contributed by atoms with Crippen LogP contribution in [0.25, 0.3) is 0 Å². The third-order valence-corrected chi connectivity index (χ3v) is 3.67. The Bertz CT molecular complexity index is 306. The van der Waals surface area contributed by atoms with Crippen LogP contribution >= 0.6 is 22.6 Å². The molecule has 0 N–H and O–H groups in total. The van der Waals surface area contributed by atoms with Crippen LogP contribution in [0.3, 0.4) is 0 Å². The molecule has 0 aromatic heterocycles. The van der Waals surface area contributed by atoms with Gasteiger partial charge in [-0.2, -0.15) is 0 Å². The fraction of sp³-hybridized carbons (Fsp3) is 0.400. The van der Waals surface area contributed by atoms with Gasteiger partial charge in [-0.15, -0.1) is 0 Å². The van der Waals surface area contributed by atoms with Gasteiger partial charge in [0, 0.05) is 19.2 Å². The Balaban J connectivity index is 2.49. The van der Waals surface area contributed by atoms with Gasteiger partial charge >= 0.3 is 0 Å². The lowest BCUT2D eigenvalue weighted by molar-refractivity contribution is 0.702. The van der Waals surface area contributed by atoms with E-state index in [1.165, 1.54) is 11.3 Å². The Morgan fingerprint density at radius 1 is 1.42 bits per heavy atom. The van der Waals surface area contributed by atoms with Crippen LogP contribution in [-0.2, 0) is 6.42 Å². The largest absolute Gasteiger partial charge is 0.360 e. The summed E-state index contributed by atoms with van der Waals surface area (Å²) in [5.41, 5.74) is 2.85. The van der Waals surface area contributed by atoms with E-state index in [0.717, 1.165) is 6.42 Å². The molecule has 0 radical (unpaired) electrons. The summed E-state index contributed by atoms with van der Waals surface area (Å²) < 4.78 is 0.265. The van der Waals surface area contributed by atoms with E-state index >= 15 is 0 Å². The van der Waals surface area contributed by atoms with Crippen LogP contribution in [-0.4, -0.2) is 10.6 Å². The van der Waals surface area contributed by atoms with Gasteiger partial charge in [-0.3, -0.25) is 0 Å². The van der Waals surface area contributed by atoms with Crippen LogP contribution < -0.4 is 4.90 Å². The standard InChI is InChI=1S/C10H12IN/c1-10(11)7-8-5-3-4-6-9(8)12(10)2/h3-6H,7H2,1-2H3. The molecule has 0 aliphatic carbocycles. The molecule has 0 bridgehead atoms. The summed E-state index contributed by atoms with van der Waals surface area (Å²) in [6.07, 6.45) is 1.15. The molecule has 1 aliphatic heterocycles. The summed E-state index contributed by atoms with van der Waals surface area (Å²) in [4.78, 5) is 2.35. The van der Waals surface area contributed by atoms with Gasteiger partial charge in [-0.25, -0.2) is 0 Å². The van der Waals surface area contributed by atoms with Crippen molar-refractivity contribution < 1.29 is 0 Å². The van der Waals surface area contributed by atoms with Crippen molar-refractivity contribution in [2.45, 2.75) is 16.9 Å². The highest BCUT2D eigenvalue weighted by atomic mass is 127. The fourth-order valence-electron chi connectivity index (χ4n) is 1.70. The van der Waals surface area contributed by atoms with Crippen LogP contribution in [0.15, 0.2) is 24.3 Å². The number of likely N-dealkylation sites (N-methyl/N-ethyl adjacent to an activating group) is 1. The van der Waals surface area contributed by atoms with Crippen molar-refractivity contribution in [3.8, 4) is 0 Å². The van der Waals surface area contributed by atoms with Crippen LogP contribution in [0.1, 0.15) is 12.5 Å². The summed E-state index contributed by atoms with van der Waals surface area (Å²) in [7, 11) is 2.16. The number of halogens is 1. The van der Waals surface area contributed by atoms with Gasteiger partial charge in [0.2, 0.25) is 0 Å². The molecule has 2 rings (SSSR count). The van der Waals surface area contributed by atoms with E-state index in [2.05, 4.69) is 65.7 Å². The van der Waals surface area contributed by atoms with Crippen molar-refractivity contribution in [1.29, 1.82) is 0 Å². The van der Waals surface area contributed by atoms with Crippen molar-refractivity contribution in [1.82, 2.24) is 0 Å². The lowest BCUT2D eigenvalue weighted by Gasteiger charge is -2.27. The molecule has 0 saturated carbocycles. The molecule has 1 aliphatic rings. The number of para-hydroxylation sites is 1. The second-order valence-corrected chi connectivity index (χ2v) is 5.83. The Labute approximate surface area is 86.9 Å². The van der Waals surface area contributed by atoms with Crippen molar-refractivity contribution in [2.24, 2.45) is 0 Å². The van der Waals surface area contributed by atoms with Gasteiger partial charge in [-0.1, -0.05) is 40.8 Å². The minimum Gasteiger partial charge on any atom is -0.360 e. The van der Waals surface area contributed by atoms with E-state index in [1.54, 1.807) is 0 Å². The van der Waals surface area contributed by atoms with Gasteiger partial charge in [-0.05, 0) is 18.6 Å². The zero-order valence-electron chi connectivity index (χ0n) is 7.34. The third-order valence-electron chi connectivity index (χ3n) is 2.57. The minimum absolute atomic E-state index is 0.265. The second-order valence-electron chi connectivity index (χ2n) is 3.51. The lowest BCUT2D eigenvalue weighted by atomic mass is 10.1.